The van der Waals surface area contributed by atoms with Crippen LogP contribution in [0.5, 0.6) is 0 Å². The molecule has 1 aromatic heterocycles. The van der Waals surface area contributed by atoms with E-state index in [-0.39, 0.29) is 16.6 Å². The Bertz CT molecular complexity index is 1610. The number of rotatable bonds is 8. The Hall–Kier alpha value is -4.35. The number of anilines is 2. The lowest BCUT2D eigenvalue weighted by Crippen LogP contribution is -2.48. The molecule has 2 aromatic carbocycles. The van der Waals surface area contributed by atoms with Crippen LogP contribution in [0.1, 0.15) is 38.3 Å². The van der Waals surface area contributed by atoms with Crippen LogP contribution in [-0.4, -0.2) is 73.7 Å². The van der Waals surface area contributed by atoms with Crippen LogP contribution in [0.4, 0.5) is 29.1 Å². The minimum Gasteiger partial charge on any atom is -0.376 e. The number of carbonyl (C=O) groups excluding carboxylic acids is 1. The van der Waals surface area contributed by atoms with E-state index in [1.165, 1.54) is 22.8 Å². The summed E-state index contributed by atoms with van der Waals surface area (Å²) in [6.07, 6.45) is -2.19. The van der Waals surface area contributed by atoms with E-state index in [2.05, 4.69) is 26.7 Å². The van der Waals surface area contributed by atoms with Gasteiger partial charge in [-0.25, -0.2) is 17.6 Å². The summed E-state index contributed by atoms with van der Waals surface area (Å²) in [5, 5.41) is 3.74. The maximum absolute atomic E-state index is 14.8. The van der Waals surface area contributed by atoms with Gasteiger partial charge in [0.2, 0.25) is 0 Å². The zero-order chi connectivity index (χ0) is 32.9. The number of hydrogen-bond donors (Lipinski definition) is 1. The fourth-order valence-corrected chi connectivity index (χ4v) is 5.04. The van der Waals surface area contributed by atoms with E-state index in [4.69, 9.17) is 0 Å². The van der Waals surface area contributed by atoms with Crippen LogP contribution in [0.25, 0.3) is 10.8 Å². The predicted octanol–water partition coefficient (Wildman–Crippen LogP) is 5.53. The first-order chi connectivity index (χ1) is 20.6. The lowest BCUT2D eigenvalue weighted by Gasteiger charge is -2.40. The standard InChI is InChI=1S/C28H33F4N5O.C4H7NO/c1-17(34(4)5)36-9-11-37(12-10-36)25-16-20-21(27(38)35(25)6)14-19(30)15-23(20)28(2,3)33-24-8-7-18(29)13-22(24)26(31)32;1-4(3-6)5-2/h7-8,13-16,26,33H,1,9-12H2,2-6H3;3H,1-2H3. The van der Waals surface area contributed by atoms with E-state index >= 15 is 0 Å². The number of nitrogens with one attached hydrogen (secondary N) is 1. The van der Waals surface area contributed by atoms with Crippen LogP contribution >= 0.6 is 0 Å². The fourth-order valence-electron chi connectivity index (χ4n) is 5.04. The highest BCUT2D eigenvalue weighted by Crippen LogP contribution is 2.36. The van der Waals surface area contributed by atoms with Crippen LogP contribution in [0.15, 0.2) is 58.6 Å². The molecular formula is C32H40F4N6O2. The second-order valence-electron chi connectivity index (χ2n) is 11.3. The molecule has 1 saturated heterocycles. The Morgan fingerprint density at radius 1 is 1.05 bits per heavy atom. The smallest absolute Gasteiger partial charge is 0.265 e. The van der Waals surface area contributed by atoms with Crippen LogP contribution < -0.4 is 15.8 Å². The number of aromatic nitrogens is 1. The third-order valence-electron chi connectivity index (χ3n) is 7.67. The molecule has 0 saturated carbocycles. The van der Waals surface area contributed by atoms with E-state index in [0.717, 1.165) is 24.2 Å². The average Bonchev–Trinajstić information content (AvgIpc) is 2.99. The highest BCUT2D eigenvalue weighted by Gasteiger charge is 2.29. The van der Waals surface area contributed by atoms with Crippen LogP contribution in [0.3, 0.4) is 0 Å². The lowest BCUT2D eigenvalue weighted by atomic mass is 9.89. The Kier molecular flexibility index (Phi) is 10.8. The van der Waals surface area contributed by atoms with Crippen molar-refractivity contribution in [1.29, 1.82) is 0 Å². The second kappa shape index (κ2) is 14.0. The van der Waals surface area contributed by atoms with Gasteiger partial charge in [-0.3, -0.25) is 19.1 Å². The van der Waals surface area contributed by atoms with Crippen molar-refractivity contribution in [1.82, 2.24) is 14.4 Å². The molecule has 238 valence electrons. The topological polar surface area (TPSA) is 73.2 Å². The van der Waals surface area contributed by atoms with Crippen LogP contribution in [-0.2, 0) is 17.4 Å². The van der Waals surface area contributed by atoms with Gasteiger partial charge in [0.25, 0.3) is 12.0 Å². The first-order valence-corrected chi connectivity index (χ1v) is 14.1. The zero-order valence-electron chi connectivity index (χ0n) is 26.2. The zero-order valence-corrected chi connectivity index (χ0v) is 26.2. The molecule has 12 heteroatoms. The van der Waals surface area contributed by atoms with Gasteiger partial charge >= 0.3 is 0 Å². The molecule has 1 fully saturated rings. The van der Waals surface area contributed by atoms with E-state index in [0.29, 0.717) is 48.7 Å². The molecule has 0 unspecified atom stereocenters. The van der Waals surface area contributed by atoms with Crippen molar-refractivity contribution in [3.63, 3.8) is 0 Å². The number of fused-ring (bicyclic) bond motifs is 1. The number of alkyl halides is 2. The first kappa shape index (κ1) is 34.1. The number of aldehydes is 1. The molecule has 44 heavy (non-hydrogen) atoms. The van der Waals surface area contributed by atoms with Crippen molar-refractivity contribution < 1.29 is 22.4 Å². The van der Waals surface area contributed by atoms with Gasteiger partial charge in [0.05, 0.1) is 22.5 Å². The molecule has 1 aliphatic heterocycles. The number of pyridine rings is 1. The maximum Gasteiger partial charge on any atom is 0.265 e. The summed E-state index contributed by atoms with van der Waals surface area (Å²) in [4.78, 5) is 32.8. The highest BCUT2D eigenvalue weighted by atomic mass is 19.3. The third kappa shape index (κ3) is 7.59. The largest absolute Gasteiger partial charge is 0.376 e. The normalized spacial score (nSPS) is 14.0. The molecule has 0 bridgehead atoms. The first-order valence-electron chi connectivity index (χ1n) is 14.1. The van der Waals surface area contributed by atoms with Gasteiger partial charge in [-0.2, -0.15) is 0 Å². The molecule has 0 radical (unpaired) electrons. The summed E-state index contributed by atoms with van der Waals surface area (Å²) >= 11 is 0. The lowest BCUT2D eigenvalue weighted by molar-refractivity contribution is -0.102. The summed E-state index contributed by atoms with van der Waals surface area (Å²) < 4.78 is 57.3. The molecule has 0 amide bonds. The van der Waals surface area contributed by atoms with Crippen molar-refractivity contribution in [2.75, 3.05) is 57.5 Å². The molecule has 1 N–H and O–H groups in total. The minimum atomic E-state index is -2.91. The van der Waals surface area contributed by atoms with Gasteiger partial charge in [-0.1, -0.05) is 6.58 Å². The Morgan fingerprint density at radius 3 is 2.20 bits per heavy atom. The highest BCUT2D eigenvalue weighted by molar-refractivity contribution is 6.26. The van der Waals surface area contributed by atoms with Crippen LogP contribution in [0.2, 0.25) is 0 Å². The quantitative estimate of drug-likeness (QED) is 0.204. The van der Waals surface area contributed by atoms with Gasteiger partial charge in [0.1, 0.15) is 17.5 Å². The number of benzene rings is 2. The van der Waals surface area contributed by atoms with Gasteiger partial charge < -0.3 is 20.0 Å². The molecule has 3 aromatic rings. The van der Waals surface area contributed by atoms with E-state index in [9.17, 15) is 27.2 Å². The number of hydrogen-bond acceptors (Lipinski definition) is 7. The van der Waals surface area contributed by atoms with E-state index < -0.39 is 29.2 Å². The van der Waals surface area contributed by atoms with Gasteiger partial charge in [-0.05, 0) is 68.1 Å². The second-order valence-corrected chi connectivity index (χ2v) is 11.3. The average molecular weight is 617 g/mol. The number of aliphatic imine (C=N–C) groups is 1. The van der Waals surface area contributed by atoms with Gasteiger partial charge in [0.15, 0.2) is 6.29 Å². The molecule has 0 atom stereocenters. The molecule has 0 aliphatic carbocycles. The molecule has 1 aliphatic rings. The SMILES string of the molecule is C=C(N(C)C)N1CCN(c2cc3c(C(C)(C)Nc4ccc(F)cc4C(F)F)cc(F)cc3c(=O)n2C)CC1.CN=C(C)C=O. The molecule has 2 heterocycles. The number of nitrogens with zero attached hydrogens (tertiary/aromatic N) is 5. The minimum absolute atomic E-state index is 0.0325. The Labute approximate surface area is 255 Å². The summed E-state index contributed by atoms with van der Waals surface area (Å²) in [5.41, 5.74) is -0.944. The van der Waals surface area contributed by atoms with Crippen molar-refractivity contribution in [3.05, 3.63) is 81.9 Å². The molecule has 8 nitrogen and oxygen atoms in total. The Balaban J connectivity index is 0.000000801. The summed E-state index contributed by atoms with van der Waals surface area (Å²) in [5.74, 6) is 0.196. The van der Waals surface area contributed by atoms with Crippen molar-refractivity contribution in [2.24, 2.45) is 12.0 Å². The Morgan fingerprint density at radius 2 is 1.68 bits per heavy atom. The van der Waals surface area contributed by atoms with Crippen molar-refractivity contribution in [2.45, 2.75) is 32.7 Å². The van der Waals surface area contributed by atoms with Gasteiger partial charge in [-0.15, -0.1) is 0 Å². The summed E-state index contributed by atoms with van der Waals surface area (Å²) in [7, 11) is 7.12. The van der Waals surface area contributed by atoms with E-state index in [1.54, 1.807) is 34.9 Å². The molecule has 4 rings (SSSR count). The predicted molar refractivity (Wildman–Crippen MR) is 169 cm³/mol. The van der Waals surface area contributed by atoms with Crippen molar-refractivity contribution in [3.8, 4) is 0 Å². The van der Waals surface area contributed by atoms with Crippen LogP contribution in [0, 0.1) is 11.6 Å². The fraction of sp³-hybridized carbons (Fsp3) is 0.406. The number of carbonyl (C=O) groups is 1. The number of halogens is 4. The van der Waals surface area contributed by atoms with Gasteiger partial charge in [0, 0.05) is 65.6 Å². The van der Waals surface area contributed by atoms with E-state index in [1.807, 2.05) is 25.1 Å². The summed E-state index contributed by atoms with van der Waals surface area (Å²) in [6, 6.07) is 7.47. The monoisotopic (exact) mass is 616 g/mol. The number of piperazine rings is 1. The molecule has 0 spiro atoms. The third-order valence-corrected chi connectivity index (χ3v) is 7.67. The maximum atomic E-state index is 14.8. The van der Waals surface area contributed by atoms with Crippen molar-refractivity contribution >= 4 is 34.3 Å². The molecular weight excluding hydrogens is 576 g/mol. The summed E-state index contributed by atoms with van der Waals surface area (Å²) in [6.45, 7) is 11.9.